The molecule has 0 bridgehead atoms. The summed E-state index contributed by atoms with van der Waals surface area (Å²) in [7, 11) is 0. The molecule has 1 fully saturated rings. The lowest BCUT2D eigenvalue weighted by molar-refractivity contribution is 0.158. The number of benzene rings is 1. The first kappa shape index (κ1) is 17.7. The predicted molar refractivity (Wildman–Crippen MR) is 102 cm³/mol. The van der Waals surface area contributed by atoms with Gasteiger partial charge in [0.25, 0.3) is 0 Å². The lowest BCUT2D eigenvalue weighted by Gasteiger charge is -2.21. The monoisotopic (exact) mass is 358 g/mol. The Balaban J connectivity index is 2.01. The van der Waals surface area contributed by atoms with Crippen LogP contribution in [0.1, 0.15) is 43.6 Å². The zero-order valence-electron chi connectivity index (χ0n) is 14.7. The molecule has 0 amide bonds. The molecule has 1 aliphatic heterocycles. The summed E-state index contributed by atoms with van der Waals surface area (Å²) in [6.07, 6.45) is 3.06. The molecule has 2 heterocycles. The lowest BCUT2D eigenvalue weighted by atomic mass is 10.1. The van der Waals surface area contributed by atoms with Crippen LogP contribution in [0.2, 0.25) is 5.15 Å². The van der Waals surface area contributed by atoms with E-state index in [-0.39, 0.29) is 0 Å². The minimum Gasteiger partial charge on any atom is -0.396 e. The van der Waals surface area contributed by atoms with Gasteiger partial charge in [0.1, 0.15) is 23.3 Å². The number of oxime groups is 1. The summed E-state index contributed by atoms with van der Waals surface area (Å²) in [6, 6.07) is 10.3. The molecule has 1 aromatic carbocycles. The Morgan fingerprint density at radius 2 is 1.92 bits per heavy atom. The number of hydrogen-bond donors (Lipinski definition) is 0. The van der Waals surface area contributed by atoms with Crippen LogP contribution in [-0.2, 0) is 11.3 Å². The molecule has 0 radical (unpaired) electrons. The van der Waals surface area contributed by atoms with E-state index in [1.165, 1.54) is 18.4 Å². The standard InChI is InChI=1S/C19H23ClN4O/c1-3-25-23-14(2)18-21-17(20)16(13-15-9-5-4-6-10-15)19(22-18)24-11-7-8-12-24/h4-6,9-10H,3,7-8,11-13H2,1-2H3/b23-14+. The van der Waals surface area contributed by atoms with Gasteiger partial charge in [0, 0.05) is 25.1 Å². The maximum absolute atomic E-state index is 6.57. The molecular weight excluding hydrogens is 336 g/mol. The second-order valence-electron chi connectivity index (χ2n) is 6.09. The first-order valence-corrected chi connectivity index (χ1v) is 9.09. The molecule has 0 N–H and O–H groups in total. The van der Waals surface area contributed by atoms with E-state index >= 15 is 0 Å². The summed E-state index contributed by atoms with van der Waals surface area (Å²) in [4.78, 5) is 16.7. The highest BCUT2D eigenvalue weighted by molar-refractivity contribution is 6.30. The zero-order chi connectivity index (χ0) is 17.6. The van der Waals surface area contributed by atoms with Crippen molar-refractivity contribution in [2.75, 3.05) is 24.6 Å². The SMILES string of the molecule is CCO/N=C(\C)c1nc(Cl)c(Cc2ccccc2)c(N2CCCC2)n1. The van der Waals surface area contributed by atoms with Crippen LogP contribution < -0.4 is 4.90 Å². The number of hydrogen-bond acceptors (Lipinski definition) is 5. The third-order valence-electron chi connectivity index (χ3n) is 4.22. The molecule has 5 nitrogen and oxygen atoms in total. The van der Waals surface area contributed by atoms with Crippen molar-refractivity contribution in [3.63, 3.8) is 0 Å². The van der Waals surface area contributed by atoms with Crippen molar-refractivity contribution < 1.29 is 4.84 Å². The first-order valence-electron chi connectivity index (χ1n) is 8.71. The van der Waals surface area contributed by atoms with E-state index in [4.69, 9.17) is 21.4 Å². The third-order valence-corrected chi connectivity index (χ3v) is 4.53. The summed E-state index contributed by atoms with van der Waals surface area (Å²) in [6.45, 7) is 6.23. The maximum Gasteiger partial charge on any atom is 0.180 e. The van der Waals surface area contributed by atoms with Gasteiger partial charge in [-0.25, -0.2) is 9.97 Å². The largest absolute Gasteiger partial charge is 0.396 e. The average molecular weight is 359 g/mol. The van der Waals surface area contributed by atoms with Crippen LogP contribution in [0.15, 0.2) is 35.5 Å². The predicted octanol–water partition coefficient (Wildman–Crippen LogP) is 4.08. The number of nitrogens with zero attached hydrogens (tertiary/aromatic N) is 4. The van der Waals surface area contributed by atoms with Crippen LogP contribution in [0.4, 0.5) is 5.82 Å². The highest BCUT2D eigenvalue weighted by Crippen LogP contribution is 2.29. The van der Waals surface area contributed by atoms with E-state index < -0.39 is 0 Å². The van der Waals surface area contributed by atoms with E-state index in [9.17, 15) is 0 Å². The molecule has 25 heavy (non-hydrogen) atoms. The van der Waals surface area contributed by atoms with Crippen molar-refractivity contribution in [2.45, 2.75) is 33.1 Å². The Bertz CT molecular complexity index is 743. The summed E-state index contributed by atoms with van der Waals surface area (Å²) in [5.41, 5.74) is 2.80. The Kier molecular flexibility index (Phi) is 5.87. The average Bonchev–Trinajstić information content (AvgIpc) is 3.16. The summed E-state index contributed by atoms with van der Waals surface area (Å²) in [5.74, 6) is 1.44. The Morgan fingerprint density at radius 3 is 2.60 bits per heavy atom. The zero-order valence-corrected chi connectivity index (χ0v) is 15.5. The molecule has 3 rings (SSSR count). The van der Waals surface area contributed by atoms with Crippen molar-refractivity contribution >= 4 is 23.1 Å². The minimum absolute atomic E-state index is 0.488. The summed E-state index contributed by atoms with van der Waals surface area (Å²) >= 11 is 6.57. The molecule has 0 unspecified atom stereocenters. The third kappa shape index (κ3) is 4.28. The van der Waals surface area contributed by atoms with Crippen LogP contribution in [0.5, 0.6) is 0 Å². The van der Waals surface area contributed by atoms with Gasteiger partial charge in [0.05, 0.1) is 0 Å². The van der Waals surface area contributed by atoms with Gasteiger partial charge in [0.2, 0.25) is 0 Å². The molecule has 0 spiro atoms. The van der Waals surface area contributed by atoms with Gasteiger partial charge in [-0.15, -0.1) is 0 Å². The summed E-state index contributed by atoms with van der Waals surface area (Å²) < 4.78 is 0. The Morgan fingerprint density at radius 1 is 1.20 bits per heavy atom. The van der Waals surface area contributed by atoms with Crippen LogP contribution in [0, 0.1) is 0 Å². The van der Waals surface area contributed by atoms with Gasteiger partial charge in [-0.2, -0.15) is 0 Å². The summed E-state index contributed by atoms with van der Waals surface area (Å²) in [5, 5.41) is 4.54. The van der Waals surface area contributed by atoms with Crippen molar-refractivity contribution in [2.24, 2.45) is 5.16 Å². The number of rotatable bonds is 6. The second kappa shape index (κ2) is 8.30. The second-order valence-corrected chi connectivity index (χ2v) is 6.45. The van der Waals surface area contributed by atoms with E-state index in [0.717, 1.165) is 24.5 Å². The highest BCUT2D eigenvalue weighted by atomic mass is 35.5. The van der Waals surface area contributed by atoms with E-state index in [1.54, 1.807) is 0 Å². The van der Waals surface area contributed by atoms with Gasteiger partial charge in [0.15, 0.2) is 5.82 Å². The topological polar surface area (TPSA) is 50.6 Å². The van der Waals surface area contributed by atoms with Crippen molar-refractivity contribution in [1.29, 1.82) is 0 Å². The van der Waals surface area contributed by atoms with Gasteiger partial charge in [-0.1, -0.05) is 47.1 Å². The van der Waals surface area contributed by atoms with E-state index in [0.29, 0.717) is 29.7 Å². The molecule has 2 aromatic rings. The van der Waals surface area contributed by atoms with Crippen LogP contribution in [0.3, 0.4) is 0 Å². The molecular formula is C19H23ClN4O. The van der Waals surface area contributed by atoms with E-state index in [1.807, 2.05) is 32.0 Å². The molecule has 6 heteroatoms. The maximum atomic E-state index is 6.57. The molecule has 0 saturated carbocycles. The fourth-order valence-electron chi connectivity index (χ4n) is 2.95. The fourth-order valence-corrected chi connectivity index (χ4v) is 3.18. The minimum atomic E-state index is 0.488. The number of halogens is 1. The quantitative estimate of drug-likeness (QED) is 0.443. The van der Waals surface area contributed by atoms with Gasteiger partial charge >= 0.3 is 0 Å². The lowest BCUT2D eigenvalue weighted by Crippen LogP contribution is -2.23. The molecule has 0 atom stereocenters. The Hall–Kier alpha value is -2.14. The first-order chi connectivity index (χ1) is 12.2. The van der Waals surface area contributed by atoms with Gasteiger partial charge in [-0.05, 0) is 32.3 Å². The van der Waals surface area contributed by atoms with Crippen molar-refractivity contribution in [1.82, 2.24) is 9.97 Å². The van der Waals surface area contributed by atoms with Gasteiger partial charge < -0.3 is 9.74 Å². The normalized spacial score (nSPS) is 14.8. The molecule has 0 aliphatic carbocycles. The number of anilines is 1. The number of aromatic nitrogens is 2. The highest BCUT2D eigenvalue weighted by Gasteiger charge is 2.22. The smallest absolute Gasteiger partial charge is 0.180 e. The van der Waals surface area contributed by atoms with Crippen LogP contribution >= 0.6 is 11.6 Å². The van der Waals surface area contributed by atoms with Crippen molar-refractivity contribution in [3.8, 4) is 0 Å². The van der Waals surface area contributed by atoms with Crippen LogP contribution in [-0.4, -0.2) is 35.4 Å². The van der Waals surface area contributed by atoms with Crippen molar-refractivity contribution in [3.05, 3.63) is 52.4 Å². The molecule has 1 aromatic heterocycles. The fraction of sp³-hybridized carbons (Fsp3) is 0.421. The van der Waals surface area contributed by atoms with Crippen LogP contribution in [0.25, 0.3) is 0 Å². The molecule has 132 valence electrons. The van der Waals surface area contributed by atoms with Gasteiger partial charge in [-0.3, -0.25) is 0 Å². The van der Waals surface area contributed by atoms with E-state index in [2.05, 4.69) is 27.2 Å². The molecule has 1 saturated heterocycles. The molecule has 1 aliphatic rings. The Labute approximate surface area is 153 Å².